The molecule has 0 fully saturated rings. The summed E-state index contributed by atoms with van der Waals surface area (Å²) in [6.45, 7) is 0. The number of nitrogens with zero attached hydrogens (tertiary/aromatic N) is 1. The second-order valence-corrected chi connectivity index (χ2v) is 9.65. The molecule has 2 heterocycles. The molecule has 0 aliphatic heterocycles. The fraction of sp³-hybridized carbons (Fsp3) is 0. The number of anilines is 3. The van der Waals surface area contributed by atoms with E-state index in [1.54, 1.807) is 35.2 Å². The first-order valence-corrected chi connectivity index (χ1v) is 13.0. The Morgan fingerprint density at radius 2 is 1.24 bits per heavy atom. The molecule has 2 aromatic heterocycles. The van der Waals surface area contributed by atoms with Gasteiger partial charge in [-0.2, -0.15) is 0 Å². The lowest BCUT2D eigenvalue weighted by atomic mass is 9.99. The molecular weight excluding hydrogens is 502 g/mol. The predicted octanol–water partition coefficient (Wildman–Crippen LogP) is 11.3. The van der Waals surface area contributed by atoms with Crippen molar-refractivity contribution in [3.63, 3.8) is 0 Å². The number of fused-ring (bicyclic) bond motifs is 9. The summed E-state index contributed by atoms with van der Waals surface area (Å²) in [5.41, 5.74) is 1.71. The largest absolute Gasteiger partial charge is 0.456 e. The predicted molar refractivity (Wildman–Crippen MR) is 171 cm³/mol. The minimum absolute atomic E-state index is 0.0460. The Kier molecular flexibility index (Phi) is 2.94. The van der Waals surface area contributed by atoms with Crippen LogP contribution in [0.2, 0.25) is 0 Å². The maximum Gasteiger partial charge on any atom is 0.137 e. The van der Waals surface area contributed by atoms with Crippen LogP contribution in [0.4, 0.5) is 17.1 Å². The van der Waals surface area contributed by atoms with E-state index in [1.807, 2.05) is 42.5 Å². The summed E-state index contributed by atoms with van der Waals surface area (Å²) < 4.78 is 111. The normalized spacial score (nSPS) is 15.7. The second kappa shape index (κ2) is 8.48. The highest BCUT2D eigenvalue weighted by Gasteiger charge is 2.19. The zero-order valence-corrected chi connectivity index (χ0v) is 21.2. The van der Waals surface area contributed by atoms with Gasteiger partial charge in [0.1, 0.15) is 22.3 Å². The van der Waals surface area contributed by atoms with Crippen LogP contribution in [0.15, 0.2) is 148 Å². The monoisotopic (exact) mass is 536 g/mol. The lowest BCUT2D eigenvalue weighted by molar-refractivity contribution is 0.669. The molecule has 3 heteroatoms. The van der Waals surface area contributed by atoms with E-state index in [2.05, 4.69) is 0 Å². The highest BCUT2D eigenvalue weighted by molar-refractivity contribution is 6.17. The number of para-hydroxylation sites is 3. The van der Waals surface area contributed by atoms with Gasteiger partial charge < -0.3 is 13.7 Å². The van der Waals surface area contributed by atoms with Crippen LogP contribution >= 0.6 is 0 Å². The third-order valence-electron chi connectivity index (χ3n) is 7.29. The van der Waals surface area contributed by atoms with Crippen molar-refractivity contribution in [1.82, 2.24) is 0 Å². The molecule has 9 aromatic rings. The van der Waals surface area contributed by atoms with Crippen LogP contribution in [0, 0.1) is 0 Å². The molecule has 0 aliphatic carbocycles. The van der Waals surface area contributed by atoms with Gasteiger partial charge in [0.15, 0.2) is 0 Å². The lowest BCUT2D eigenvalue weighted by Crippen LogP contribution is -2.10. The van der Waals surface area contributed by atoms with E-state index in [1.165, 1.54) is 0 Å². The Bertz CT molecular complexity index is 3050. The van der Waals surface area contributed by atoms with Crippen LogP contribution in [-0.2, 0) is 0 Å². The molecule has 41 heavy (non-hydrogen) atoms. The van der Waals surface area contributed by atoms with E-state index in [-0.39, 0.29) is 55.2 Å². The molecule has 0 radical (unpaired) electrons. The highest BCUT2D eigenvalue weighted by atomic mass is 16.3. The topological polar surface area (TPSA) is 29.5 Å². The molecule has 9 rings (SSSR count). The summed E-state index contributed by atoms with van der Waals surface area (Å²) in [5, 5.41) is 0.511. The zero-order chi connectivity index (χ0) is 36.5. The quantitative estimate of drug-likeness (QED) is 0.210. The van der Waals surface area contributed by atoms with E-state index in [4.69, 9.17) is 17.1 Å². The molecule has 0 aliphatic rings. The molecule has 0 atom stereocenters. The molecule has 192 valence electrons. The van der Waals surface area contributed by atoms with Crippen LogP contribution in [0.3, 0.4) is 0 Å². The first-order chi connectivity index (χ1) is 24.9. The molecule has 0 bridgehead atoms. The Labute approximate surface area is 250 Å². The molecule has 0 N–H and O–H groups in total. The Morgan fingerprint density at radius 3 is 2.17 bits per heavy atom. The smallest absolute Gasteiger partial charge is 0.137 e. The van der Waals surface area contributed by atoms with Gasteiger partial charge in [-0.05, 0) is 82.1 Å². The third kappa shape index (κ3) is 3.33. The molecule has 0 saturated heterocycles. The van der Waals surface area contributed by atoms with Crippen molar-refractivity contribution in [2.24, 2.45) is 0 Å². The van der Waals surface area contributed by atoms with Crippen molar-refractivity contribution >= 4 is 82.5 Å². The third-order valence-corrected chi connectivity index (χ3v) is 7.29. The zero-order valence-electron chi connectivity index (χ0n) is 32.2. The molecule has 0 saturated carbocycles. The van der Waals surface area contributed by atoms with Crippen molar-refractivity contribution in [2.75, 3.05) is 4.90 Å². The fourth-order valence-electron chi connectivity index (χ4n) is 5.49. The van der Waals surface area contributed by atoms with Crippen molar-refractivity contribution in [3.05, 3.63) is 139 Å². The van der Waals surface area contributed by atoms with E-state index in [0.717, 1.165) is 5.39 Å². The van der Waals surface area contributed by atoms with Gasteiger partial charge in [-0.15, -0.1) is 0 Å². The molecule has 7 aromatic carbocycles. The van der Waals surface area contributed by atoms with E-state index in [0.29, 0.717) is 27.9 Å². The number of hydrogen-bond donors (Lipinski definition) is 0. The average molecular weight is 537 g/mol. The van der Waals surface area contributed by atoms with Crippen molar-refractivity contribution in [2.45, 2.75) is 0 Å². The minimum atomic E-state index is -0.562. The van der Waals surface area contributed by atoms with E-state index < -0.39 is 60.4 Å². The van der Waals surface area contributed by atoms with Gasteiger partial charge in [0.05, 0.1) is 26.2 Å². The SMILES string of the molecule is [2H]c1c([2H])c([2H])c2c(oc3c([2H])c4c([2H])c([2H])c5c([2H])c(N(c6ccccc6)c6cccc7oc8ccccc8c67)c([2H])c([2H])c5c4c([2H])c32)c1[2H]. The van der Waals surface area contributed by atoms with Gasteiger partial charge in [-0.1, -0.05) is 78.7 Å². The van der Waals surface area contributed by atoms with Gasteiger partial charge in [-0.25, -0.2) is 0 Å². The standard InChI is InChI=1S/C38H23NO2/c1-2-9-26(10-3-1)39(33-13-8-16-36-38(33)30-12-5-7-15-35(30)40-36)27-19-20-28-24(21-27)17-18-25-22-37-32(23-31(25)28)29-11-4-6-14-34(29)41-37/h1-23H/i4D,6D,11D,14D,17D,18D,19D,20D,21D,22D,23D. The first-order valence-electron chi connectivity index (χ1n) is 18.5. The van der Waals surface area contributed by atoms with Crippen molar-refractivity contribution in [1.29, 1.82) is 0 Å². The molecule has 3 nitrogen and oxygen atoms in total. The van der Waals surface area contributed by atoms with E-state index in [9.17, 15) is 6.85 Å². The maximum absolute atomic E-state index is 9.66. The average Bonchev–Trinajstić information content (AvgIpc) is 3.74. The lowest BCUT2D eigenvalue weighted by Gasteiger charge is -2.26. The second-order valence-electron chi connectivity index (χ2n) is 9.65. The van der Waals surface area contributed by atoms with Crippen LogP contribution < -0.4 is 4.90 Å². The first kappa shape index (κ1) is 14.2. The van der Waals surface area contributed by atoms with Crippen LogP contribution in [-0.4, -0.2) is 0 Å². The number of benzene rings is 7. The summed E-state index contributed by atoms with van der Waals surface area (Å²) in [6, 6.07) is 16.8. The molecule has 0 amide bonds. The van der Waals surface area contributed by atoms with Gasteiger partial charge in [-0.3, -0.25) is 0 Å². The fourth-order valence-corrected chi connectivity index (χ4v) is 5.49. The van der Waals surface area contributed by atoms with Gasteiger partial charge >= 0.3 is 0 Å². The minimum Gasteiger partial charge on any atom is -0.456 e. The van der Waals surface area contributed by atoms with Gasteiger partial charge in [0, 0.05) is 27.5 Å². The van der Waals surface area contributed by atoms with Gasteiger partial charge in [0.25, 0.3) is 0 Å². The summed E-state index contributed by atoms with van der Waals surface area (Å²) in [4.78, 5) is 1.67. The summed E-state index contributed by atoms with van der Waals surface area (Å²) in [5.74, 6) is 0. The number of furan rings is 2. The van der Waals surface area contributed by atoms with Crippen LogP contribution in [0.1, 0.15) is 15.1 Å². The van der Waals surface area contributed by atoms with Crippen molar-refractivity contribution in [3.8, 4) is 0 Å². The van der Waals surface area contributed by atoms with E-state index >= 15 is 0 Å². The number of hydrogen-bond acceptors (Lipinski definition) is 3. The summed E-state index contributed by atoms with van der Waals surface area (Å²) in [7, 11) is 0. The molecule has 0 unspecified atom stereocenters. The maximum atomic E-state index is 9.66. The van der Waals surface area contributed by atoms with Crippen molar-refractivity contribution < 1.29 is 23.9 Å². The number of rotatable bonds is 3. The molecule has 0 spiro atoms. The Hall–Kier alpha value is -5.54. The van der Waals surface area contributed by atoms with Gasteiger partial charge in [0.2, 0.25) is 0 Å². The summed E-state index contributed by atoms with van der Waals surface area (Å²) >= 11 is 0. The van der Waals surface area contributed by atoms with Crippen LogP contribution in [0.25, 0.3) is 65.4 Å². The Balaban J connectivity index is 1.46. The summed E-state index contributed by atoms with van der Waals surface area (Å²) in [6.07, 6.45) is 0. The Morgan fingerprint density at radius 1 is 0.463 bits per heavy atom. The highest BCUT2D eigenvalue weighted by Crippen LogP contribution is 2.44. The molecular formula is C38H23NO2. The van der Waals surface area contributed by atoms with Crippen LogP contribution in [0.5, 0.6) is 0 Å².